The molecule has 2 N–H and O–H groups in total. The molecule has 0 spiro atoms. The molecule has 2 amide bonds. The van der Waals surface area contributed by atoms with E-state index in [0.717, 1.165) is 16.5 Å². The maximum absolute atomic E-state index is 12.7. The third kappa shape index (κ3) is 6.18. The summed E-state index contributed by atoms with van der Waals surface area (Å²) >= 11 is 3.45. The number of carbonyl (C=O) groups excluding carboxylic acids is 2. The van der Waals surface area contributed by atoms with Crippen molar-refractivity contribution in [1.82, 2.24) is 5.32 Å². The van der Waals surface area contributed by atoms with Crippen LogP contribution in [0.4, 0.5) is 5.69 Å². The predicted molar refractivity (Wildman–Crippen MR) is 127 cm³/mol. The van der Waals surface area contributed by atoms with E-state index in [0.29, 0.717) is 29.2 Å². The minimum atomic E-state index is -0.266. The van der Waals surface area contributed by atoms with Crippen LogP contribution in [0.5, 0.6) is 5.75 Å². The predicted octanol–water partition coefficient (Wildman–Crippen LogP) is 5.98. The summed E-state index contributed by atoms with van der Waals surface area (Å²) in [6.45, 7) is 4.58. The van der Waals surface area contributed by atoms with Gasteiger partial charge >= 0.3 is 0 Å². The summed E-state index contributed by atoms with van der Waals surface area (Å²) in [4.78, 5) is 25.3. The van der Waals surface area contributed by atoms with E-state index in [1.54, 1.807) is 42.5 Å². The second-order valence-corrected chi connectivity index (χ2v) is 7.99. The summed E-state index contributed by atoms with van der Waals surface area (Å²) in [7, 11) is 0. The van der Waals surface area contributed by atoms with Gasteiger partial charge in [0.2, 0.25) is 0 Å². The Kier molecular flexibility index (Phi) is 7.84. The molecule has 160 valence electrons. The van der Waals surface area contributed by atoms with Gasteiger partial charge in [-0.3, -0.25) is 9.59 Å². The number of nitrogens with one attached hydrogen (secondary N) is 2. The lowest BCUT2D eigenvalue weighted by Gasteiger charge is -2.15. The van der Waals surface area contributed by atoms with Gasteiger partial charge in [-0.2, -0.15) is 0 Å². The van der Waals surface area contributed by atoms with Crippen molar-refractivity contribution >= 4 is 33.4 Å². The summed E-state index contributed by atoms with van der Waals surface area (Å²) in [5.41, 5.74) is 2.54. The van der Waals surface area contributed by atoms with Crippen LogP contribution in [-0.2, 0) is 0 Å². The van der Waals surface area contributed by atoms with Gasteiger partial charge in [-0.1, -0.05) is 43.3 Å². The zero-order valence-electron chi connectivity index (χ0n) is 17.5. The average molecular weight is 481 g/mol. The van der Waals surface area contributed by atoms with E-state index in [9.17, 15) is 9.59 Å². The molecule has 0 heterocycles. The molecule has 0 radical (unpaired) electrons. The fraction of sp³-hybridized carbons (Fsp3) is 0.200. The lowest BCUT2D eigenvalue weighted by Crippen LogP contribution is -2.26. The molecule has 0 aromatic heterocycles. The first-order valence-corrected chi connectivity index (χ1v) is 11.0. The normalized spacial score (nSPS) is 11.5. The van der Waals surface area contributed by atoms with Gasteiger partial charge in [0.15, 0.2) is 0 Å². The van der Waals surface area contributed by atoms with Gasteiger partial charge in [0.1, 0.15) is 5.75 Å². The van der Waals surface area contributed by atoms with Crippen molar-refractivity contribution in [1.29, 1.82) is 0 Å². The largest absolute Gasteiger partial charge is 0.492 e. The topological polar surface area (TPSA) is 67.4 Å². The average Bonchev–Trinajstić information content (AvgIpc) is 2.79. The lowest BCUT2D eigenvalue weighted by molar-refractivity contribution is 0.0938. The van der Waals surface area contributed by atoms with Crippen molar-refractivity contribution in [3.05, 3.63) is 94.0 Å². The highest BCUT2D eigenvalue weighted by molar-refractivity contribution is 9.10. The third-order valence-electron chi connectivity index (χ3n) is 4.69. The number of rotatable bonds is 8. The number of hydrogen-bond acceptors (Lipinski definition) is 3. The summed E-state index contributed by atoms with van der Waals surface area (Å²) in [5, 5.41) is 5.83. The highest BCUT2D eigenvalue weighted by Crippen LogP contribution is 2.26. The summed E-state index contributed by atoms with van der Waals surface area (Å²) in [6, 6.07) is 21.7. The second-order valence-electron chi connectivity index (χ2n) is 7.13. The van der Waals surface area contributed by atoms with E-state index in [2.05, 4.69) is 26.6 Å². The fourth-order valence-electron chi connectivity index (χ4n) is 3.02. The monoisotopic (exact) mass is 480 g/mol. The minimum Gasteiger partial charge on any atom is -0.492 e. The zero-order valence-corrected chi connectivity index (χ0v) is 19.1. The number of hydrogen-bond donors (Lipinski definition) is 2. The van der Waals surface area contributed by atoms with E-state index < -0.39 is 0 Å². The number of carbonyl (C=O) groups is 2. The van der Waals surface area contributed by atoms with Gasteiger partial charge in [0, 0.05) is 16.8 Å². The van der Waals surface area contributed by atoms with Gasteiger partial charge < -0.3 is 15.4 Å². The Bertz CT molecular complexity index is 1050. The molecule has 3 aromatic rings. The van der Waals surface area contributed by atoms with Gasteiger partial charge in [0.05, 0.1) is 17.1 Å². The highest BCUT2D eigenvalue weighted by Gasteiger charge is 2.13. The number of amides is 2. The quantitative estimate of drug-likeness (QED) is 0.416. The molecule has 0 aliphatic rings. The van der Waals surface area contributed by atoms with Gasteiger partial charge in [0.25, 0.3) is 11.8 Å². The van der Waals surface area contributed by atoms with E-state index in [4.69, 9.17) is 4.74 Å². The molecule has 0 saturated heterocycles. The van der Waals surface area contributed by atoms with E-state index in [1.807, 2.05) is 44.2 Å². The van der Waals surface area contributed by atoms with Crippen LogP contribution >= 0.6 is 15.9 Å². The summed E-state index contributed by atoms with van der Waals surface area (Å²) in [5.74, 6) is 0.232. The Balaban J connectivity index is 1.66. The molecular weight excluding hydrogens is 456 g/mol. The van der Waals surface area contributed by atoms with Crippen LogP contribution in [-0.4, -0.2) is 18.4 Å². The Hall–Kier alpha value is -3.12. The number of anilines is 1. The highest BCUT2D eigenvalue weighted by atomic mass is 79.9. The van der Waals surface area contributed by atoms with Crippen LogP contribution < -0.4 is 15.4 Å². The molecule has 1 atom stereocenters. The Morgan fingerprint density at radius 2 is 1.68 bits per heavy atom. The maximum atomic E-state index is 12.7. The van der Waals surface area contributed by atoms with Crippen LogP contribution in [0.3, 0.4) is 0 Å². The molecular formula is C25H25BrN2O3. The standard InChI is InChI=1S/C25H25BrN2O3/c1-3-14-31-23-13-12-20(16-22(23)26)25(30)28-21-11-7-10-19(15-21)24(29)27-17(2)18-8-5-4-6-9-18/h4-13,15-17H,3,14H2,1-2H3,(H,27,29)(H,28,30). The van der Waals surface area contributed by atoms with Crippen LogP contribution in [0.15, 0.2) is 77.3 Å². The van der Waals surface area contributed by atoms with E-state index in [-0.39, 0.29) is 17.9 Å². The smallest absolute Gasteiger partial charge is 0.255 e. The van der Waals surface area contributed by atoms with E-state index >= 15 is 0 Å². The molecule has 0 aliphatic carbocycles. The third-order valence-corrected chi connectivity index (χ3v) is 5.31. The lowest BCUT2D eigenvalue weighted by atomic mass is 10.1. The van der Waals surface area contributed by atoms with Crippen molar-refractivity contribution in [2.75, 3.05) is 11.9 Å². The van der Waals surface area contributed by atoms with Gasteiger partial charge in [-0.15, -0.1) is 0 Å². The molecule has 31 heavy (non-hydrogen) atoms. The fourth-order valence-corrected chi connectivity index (χ4v) is 3.51. The number of halogens is 1. The van der Waals surface area contributed by atoms with Crippen molar-refractivity contribution in [2.24, 2.45) is 0 Å². The van der Waals surface area contributed by atoms with Crippen LogP contribution in [0.2, 0.25) is 0 Å². The van der Waals surface area contributed by atoms with Crippen molar-refractivity contribution in [2.45, 2.75) is 26.3 Å². The molecule has 0 fully saturated rings. The Labute approximate surface area is 191 Å². The van der Waals surface area contributed by atoms with Gasteiger partial charge in [-0.05, 0) is 71.2 Å². The molecule has 3 aromatic carbocycles. The van der Waals surface area contributed by atoms with E-state index in [1.165, 1.54) is 0 Å². The molecule has 5 nitrogen and oxygen atoms in total. The first-order valence-electron chi connectivity index (χ1n) is 10.2. The molecule has 0 bridgehead atoms. The van der Waals surface area contributed by atoms with Crippen LogP contribution in [0.1, 0.15) is 52.6 Å². The Morgan fingerprint density at radius 1 is 0.935 bits per heavy atom. The summed E-state index contributed by atoms with van der Waals surface area (Å²) < 4.78 is 6.34. The summed E-state index contributed by atoms with van der Waals surface area (Å²) in [6.07, 6.45) is 0.905. The molecule has 1 unspecified atom stereocenters. The maximum Gasteiger partial charge on any atom is 0.255 e. The van der Waals surface area contributed by atoms with Crippen molar-refractivity contribution in [3.8, 4) is 5.75 Å². The van der Waals surface area contributed by atoms with Crippen molar-refractivity contribution in [3.63, 3.8) is 0 Å². The van der Waals surface area contributed by atoms with Crippen LogP contribution in [0.25, 0.3) is 0 Å². The number of ether oxygens (including phenoxy) is 1. The second kappa shape index (κ2) is 10.8. The van der Waals surface area contributed by atoms with Crippen molar-refractivity contribution < 1.29 is 14.3 Å². The molecule has 6 heteroatoms. The SMILES string of the molecule is CCCOc1ccc(C(=O)Nc2cccc(C(=O)NC(C)c3ccccc3)c2)cc1Br. The first-order chi connectivity index (χ1) is 15.0. The molecule has 0 saturated carbocycles. The zero-order chi connectivity index (χ0) is 22.2. The number of benzene rings is 3. The minimum absolute atomic E-state index is 0.127. The molecule has 0 aliphatic heterocycles. The first kappa shape index (κ1) is 22.6. The Morgan fingerprint density at radius 3 is 2.39 bits per heavy atom. The molecule has 3 rings (SSSR count). The van der Waals surface area contributed by atoms with Crippen LogP contribution in [0, 0.1) is 0 Å². The van der Waals surface area contributed by atoms with Gasteiger partial charge in [-0.25, -0.2) is 0 Å².